The third-order valence-corrected chi connectivity index (χ3v) is 4.39. The van der Waals surface area contributed by atoms with Crippen LogP contribution in [0.15, 0.2) is 71.7 Å². The predicted molar refractivity (Wildman–Crippen MR) is 107 cm³/mol. The molecule has 0 saturated carbocycles. The summed E-state index contributed by atoms with van der Waals surface area (Å²) >= 11 is 0. The number of carboxylic acid groups (broad SMARTS) is 1. The Bertz CT molecular complexity index is 975. The fourth-order valence-electron chi connectivity index (χ4n) is 2.61. The number of hydrogen-bond acceptors (Lipinski definition) is 3. The van der Waals surface area contributed by atoms with Crippen molar-refractivity contribution in [1.29, 1.82) is 0 Å². The van der Waals surface area contributed by atoms with Crippen LogP contribution in [0.4, 0.5) is 5.69 Å². The molecule has 0 radical (unpaired) electrons. The molecule has 0 heterocycles. The van der Waals surface area contributed by atoms with Crippen molar-refractivity contribution in [2.45, 2.75) is 20.5 Å². The van der Waals surface area contributed by atoms with Gasteiger partial charge in [0.25, 0.3) is 0 Å². The van der Waals surface area contributed by atoms with Gasteiger partial charge in [-0.15, -0.1) is 0 Å². The van der Waals surface area contributed by atoms with Gasteiger partial charge in [-0.2, -0.15) is 0 Å². The maximum absolute atomic E-state index is 10.9. The average molecular weight is 359 g/mol. The lowest BCUT2D eigenvalue weighted by Crippen LogP contribution is -1.99. The molecule has 3 aromatic carbocycles. The number of ether oxygens (including phenoxy) is 1. The summed E-state index contributed by atoms with van der Waals surface area (Å²) in [6.07, 6.45) is 1.83. The Hall–Kier alpha value is -3.40. The minimum atomic E-state index is -0.932. The molecule has 0 fully saturated rings. The summed E-state index contributed by atoms with van der Waals surface area (Å²) in [6, 6.07) is 20.5. The first-order chi connectivity index (χ1) is 13.0. The van der Waals surface area contributed by atoms with Gasteiger partial charge in [-0.25, -0.2) is 4.79 Å². The molecule has 0 aliphatic rings. The molecule has 0 spiro atoms. The summed E-state index contributed by atoms with van der Waals surface area (Å²) in [5.74, 6) is -0.194. The second-order valence-corrected chi connectivity index (χ2v) is 6.34. The highest BCUT2D eigenvalue weighted by molar-refractivity contribution is 5.87. The molecule has 0 unspecified atom stereocenters. The average Bonchev–Trinajstić information content (AvgIpc) is 2.68. The molecule has 3 rings (SSSR count). The van der Waals surface area contributed by atoms with Crippen LogP contribution in [0.2, 0.25) is 0 Å². The number of aliphatic imine (C=N–C) groups is 1. The zero-order valence-electron chi connectivity index (χ0n) is 15.3. The van der Waals surface area contributed by atoms with Crippen LogP contribution in [0.1, 0.15) is 32.6 Å². The third kappa shape index (κ3) is 4.82. The van der Waals surface area contributed by atoms with Crippen molar-refractivity contribution in [3.8, 4) is 5.75 Å². The van der Waals surface area contributed by atoms with Gasteiger partial charge in [-0.05, 0) is 66.4 Å². The van der Waals surface area contributed by atoms with E-state index in [4.69, 9.17) is 9.84 Å². The molecule has 0 atom stereocenters. The van der Waals surface area contributed by atoms with Crippen molar-refractivity contribution in [1.82, 2.24) is 0 Å². The Morgan fingerprint density at radius 1 is 1.04 bits per heavy atom. The van der Waals surface area contributed by atoms with E-state index in [2.05, 4.69) is 24.9 Å². The van der Waals surface area contributed by atoms with Crippen LogP contribution in [0.25, 0.3) is 0 Å². The van der Waals surface area contributed by atoms with Gasteiger partial charge >= 0.3 is 5.97 Å². The normalized spacial score (nSPS) is 10.9. The highest BCUT2D eigenvalue weighted by Gasteiger charge is 2.03. The second kappa shape index (κ2) is 8.32. The van der Waals surface area contributed by atoms with Gasteiger partial charge < -0.3 is 9.84 Å². The number of aromatic carboxylic acids is 1. The minimum absolute atomic E-state index is 0.267. The van der Waals surface area contributed by atoms with Crippen molar-refractivity contribution in [3.05, 3.63) is 94.5 Å². The van der Waals surface area contributed by atoms with Crippen molar-refractivity contribution in [2.75, 3.05) is 0 Å². The Kier molecular flexibility index (Phi) is 5.67. The molecule has 0 amide bonds. The van der Waals surface area contributed by atoms with Gasteiger partial charge in [-0.1, -0.05) is 36.4 Å². The summed E-state index contributed by atoms with van der Waals surface area (Å²) in [7, 11) is 0. The van der Waals surface area contributed by atoms with E-state index in [0.717, 1.165) is 22.6 Å². The van der Waals surface area contributed by atoms with Crippen LogP contribution in [0, 0.1) is 13.8 Å². The third-order valence-electron chi connectivity index (χ3n) is 4.39. The molecule has 0 aromatic heterocycles. The van der Waals surface area contributed by atoms with Crippen LogP contribution < -0.4 is 4.74 Å². The number of benzene rings is 3. The van der Waals surface area contributed by atoms with E-state index in [1.54, 1.807) is 24.3 Å². The maximum Gasteiger partial charge on any atom is 0.335 e. The fourth-order valence-corrected chi connectivity index (χ4v) is 2.61. The van der Waals surface area contributed by atoms with Crippen molar-refractivity contribution >= 4 is 17.9 Å². The highest BCUT2D eigenvalue weighted by Crippen LogP contribution is 2.21. The summed E-state index contributed by atoms with van der Waals surface area (Å²) in [5, 5.41) is 8.94. The van der Waals surface area contributed by atoms with E-state index >= 15 is 0 Å². The minimum Gasteiger partial charge on any atom is -0.489 e. The van der Waals surface area contributed by atoms with Gasteiger partial charge in [0, 0.05) is 6.21 Å². The molecule has 27 heavy (non-hydrogen) atoms. The summed E-state index contributed by atoms with van der Waals surface area (Å²) in [6.45, 7) is 4.51. The van der Waals surface area contributed by atoms with Gasteiger partial charge in [0.05, 0.1) is 11.3 Å². The van der Waals surface area contributed by atoms with Gasteiger partial charge in [-0.3, -0.25) is 4.99 Å². The Morgan fingerprint density at radius 3 is 2.52 bits per heavy atom. The first-order valence-corrected chi connectivity index (χ1v) is 8.68. The van der Waals surface area contributed by atoms with Crippen LogP contribution in [0.3, 0.4) is 0 Å². The van der Waals surface area contributed by atoms with E-state index in [-0.39, 0.29) is 5.56 Å². The largest absolute Gasteiger partial charge is 0.489 e. The lowest BCUT2D eigenvalue weighted by molar-refractivity contribution is 0.0697. The zero-order valence-corrected chi connectivity index (χ0v) is 15.3. The van der Waals surface area contributed by atoms with Crippen LogP contribution >= 0.6 is 0 Å². The maximum atomic E-state index is 10.9. The van der Waals surface area contributed by atoms with E-state index in [1.807, 2.05) is 42.6 Å². The molecule has 0 aliphatic heterocycles. The lowest BCUT2D eigenvalue weighted by Gasteiger charge is -2.07. The molecule has 4 heteroatoms. The van der Waals surface area contributed by atoms with Crippen molar-refractivity contribution < 1.29 is 14.6 Å². The Labute approximate surface area is 158 Å². The number of nitrogens with zero attached hydrogens (tertiary/aromatic N) is 1. The SMILES string of the molecule is Cc1cccc(N=Cc2cccc(OCc3ccc(C(=O)O)cc3)c2)c1C. The van der Waals surface area contributed by atoms with E-state index in [0.29, 0.717) is 6.61 Å². The van der Waals surface area contributed by atoms with Crippen molar-refractivity contribution in [3.63, 3.8) is 0 Å². The quantitative estimate of drug-likeness (QED) is 0.605. The molecule has 3 aromatic rings. The molecule has 0 aliphatic carbocycles. The van der Waals surface area contributed by atoms with E-state index < -0.39 is 5.97 Å². The van der Waals surface area contributed by atoms with Crippen LogP contribution in [-0.2, 0) is 6.61 Å². The lowest BCUT2D eigenvalue weighted by atomic mass is 10.1. The molecule has 136 valence electrons. The summed E-state index contributed by atoms with van der Waals surface area (Å²) in [5.41, 5.74) is 5.48. The van der Waals surface area contributed by atoms with Gasteiger partial charge in [0.1, 0.15) is 12.4 Å². The van der Waals surface area contributed by atoms with E-state index in [1.165, 1.54) is 11.1 Å². The number of rotatable bonds is 6. The Balaban J connectivity index is 1.67. The molecule has 0 saturated heterocycles. The standard InChI is InChI=1S/C23H21NO3/c1-16-5-3-8-22(17(16)2)24-14-19-6-4-7-21(13-19)27-15-18-9-11-20(12-10-18)23(25)26/h3-14H,15H2,1-2H3,(H,25,26). The number of aryl methyl sites for hydroxylation is 1. The molecule has 0 bridgehead atoms. The second-order valence-electron chi connectivity index (χ2n) is 6.34. The first-order valence-electron chi connectivity index (χ1n) is 8.68. The highest BCUT2D eigenvalue weighted by atomic mass is 16.5. The van der Waals surface area contributed by atoms with E-state index in [9.17, 15) is 4.79 Å². The topological polar surface area (TPSA) is 58.9 Å². The number of carbonyl (C=O) groups is 1. The van der Waals surface area contributed by atoms with Crippen molar-refractivity contribution in [2.24, 2.45) is 4.99 Å². The van der Waals surface area contributed by atoms with Crippen LogP contribution in [-0.4, -0.2) is 17.3 Å². The van der Waals surface area contributed by atoms with Gasteiger partial charge in [0.2, 0.25) is 0 Å². The van der Waals surface area contributed by atoms with Gasteiger partial charge in [0.15, 0.2) is 0 Å². The smallest absolute Gasteiger partial charge is 0.335 e. The summed E-state index contributed by atoms with van der Waals surface area (Å²) < 4.78 is 5.82. The number of hydrogen-bond donors (Lipinski definition) is 1. The molecular formula is C23H21NO3. The molecule has 4 nitrogen and oxygen atoms in total. The summed E-state index contributed by atoms with van der Waals surface area (Å²) in [4.78, 5) is 15.5. The molecular weight excluding hydrogens is 338 g/mol. The first kappa shape index (κ1) is 18.4. The fraction of sp³-hybridized carbons (Fsp3) is 0.130. The zero-order chi connectivity index (χ0) is 19.2. The van der Waals surface area contributed by atoms with Crippen LogP contribution in [0.5, 0.6) is 5.75 Å². The number of carboxylic acids is 1. The predicted octanol–water partition coefficient (Wildman–Crippen LogP) is 5.33. The Morgan fingerprint density at radius 2 is 1.78 bits per heavy atom. The molecule has 1 N–H and O–H groups in total. The monoisotopic (exact) mass is 359 g/mol.